The first-order chi connectivity index (χ1) is 8.22. The van der Waals surface area contributed by atoms with Crippen molar-refractivity contribution in [3.05, 3.63) is 0 Å². The quantitative estimate of drug-likeness (QED) is 0.817. The van der Waals surface area contributed by atoms with E-state index in [-0.39, 0.29) is 36.5 Å². The van der Waals surface area contributed by atoms with Gasteiger partial charge in [-0.25, -0.2) is 0 Å². The number of nitrogens with one attached hydrogen (secondary N) is 1. The van der Waals surface area contributed by atoms with Gasteiger partial charge in [0.25, 0.3) is 0 Å². The molecule has 1 saturated carbocycles. The maximum atomic E-state index is 12.0. The first-order valence-corrected chi connectivity index (χ1v) is 6.93. The Morgan fingerprint density at radius 3 is 2.67 bits per heavy atom. The molecule has 2 heterocycles. The van der Waals surface area contributed by atoms with E-state index in [1.807, 2.05) is 0 Å². The fourth-order valence-electron chi connectivity index (χ4n) is 3.61. The summed E-state index contributed by atoms with van der Waals surface area (Å²) in [4.78, 5) is 12.0. The summed E-state index contributed by atoms with van der Waals surface area (Å²) in [5.41, 5.74) is 5.99. The molecule has 0 aromatic carbocycles. The van der Waals surface area contributed by atoms with Gasteiger partial charge < -0.3 is 15.8 Å². The van der Waals surface area contributed by atoms with Gasteiger partial charge in [0.15, 0.2) is 0 Å². The first-order valence-electron chi connectivity index (χ1n) is 6.93. The summed E-state index contributed by atoms with van der Waals surface area (Å²) in [6, 6.07) is 0.496. The lowest BCUT2D eigenvalue weighted by molar-refractivity contribution is -0.123. The fraction of sp³-hybridized carbons (Fsp3) is 0.923. The minimum Gasteiger partial charge on any atom is -0.373 e. The average Bonchev–Trinajstić information content (AvgIpc) is 2.96. The summed E-state index contributed by atoms with van der Waals surface area (Å²) in [6.07, 6.45) is 7.94. The predicted octanol–water partition coefficient (Wildman–Crippen LogP) is 1.36. The van der Waals surface area contributed by atoms with E-state index in [4.69, 9.17) is 10.5 Å². The zero-order valence-corrected chi connectivity index (χ0v) is 11.5. The lowest BCUT2D eigenvalue weighted by Crippen LogP contribution is -2.42. The van der Waals surface area contributed by atoms with Crippen LogP contribution in [0.3, 0.4) is 0 Å². The number of hydrogen-bond acceptors (Lipinski definition) is 3. The van der Waals surface area contributed by atoms with Gasteiger partial charge in [-0.1, -0.05) is 6.42 Å². The molecular weight excluding hydrogens is 252 g/mol. The van der Waals surface area contributed by atoms with Crippen LogP contribution < -0.4 is 11.1 Å². The average molecular weight is 275 g/mol. The molecule has 0 radical (unpaired) electrons. The van der Waals surface area contributed by atoms with E-state index in [1.165, 1.54) is 12.8 Å². The molecule has 3 N–H and O–H groups in total. The molecule has 1 aliphatic carbocycles. The summed E-state index contributed by atoms with van der Waals surface area (Å²) in [5, 5.41) is 3.14. The van der Waals surface area contributed by atoms with Crippen LogP contribution in [0.4, 0.5) is 0 Å². The highest BCUT2D eigenvalue weighted by Crippen LogP contribution is 2.34. The molecule has 3 fully saturated rings. The topological polar surface area (TPSA) is 64.4 Å². The summed E-state index contributed by atoms with van der Waals surface area (Å²) >= 11 is 0. The highest BCUT2D eigenvalue weighted by Gasteiger charge is 2.41. The van der Waals surface area contributed by atoms with Gasteiger partial charge >= 0.3 is 0 Å². The molecule has 5 heteroatoms. The van der Waals surface area contributed by atoms with Crippen molar-refractivity contribution in [2.24, 2.45) is 11.7 Å². The van der Waals surface area contributed by atoms with Gasteiger partial charge in [-0.15, -0.1) is 12.4 Å². The molecule has 3 aliphatic rings. The normalized spacial score (nSPS) is 41.7. The summed E-state index contributed by atoms with van der Waals surface area (Å²) < 4.78 is 5.74. The zero-order valence-electron chi connectivity index (χ0n) is 10.6. The standard InChI is InChI=1S/C13H22N2O2.ClH/c14-10-3-1-2-8(10)6-13(16)15-11-7-9-4-5-12(11)17-9;/h8-12H,1-7,14H2,(H,15,16);1H/t8-,9+,10+,11+,12-;/m0./s1. The van der Waals surface area contributed by atoms with Crippen molar-refractivity contribution in [2.45, 2.75) is 69.2 Å². The number of hydrogen-bond donors (Lipinski definition) is 2. The Balaban J connectivity index is 0.00000120. The second kappa shape index (κ2) is 5.76. The van der Waals surface area contributed by atoms with E-state index in [9.17, 15) is 4.79 Å². The molecule has 5 atom stereocenters. The van der Waals surface area contributed by atoms with Gasteiger partial charge in [0.05, 0.1) is 18.2 Å². The number of carbonyl (C=O) groups excluding carboxylic acids is 1. The van der Waals surface area contributed by atoms with Gasteiger partial charge in [-0.2, -0.15) is 0 Å². The van der Waals surface area contributed by atoms with Crippen LogP contribution in [0.25, 0.3) is 0 Å². The van der Waals surface area contributed by atoms with Crippen LogP contribution in [0.2, 0.25) is 0 Å². The Morgan fingerprint density at radius 2 is 2.11 bits per heavy atom. The minimum absolute atomic E-state index is 0. The highest BCUT2D eigenvalue weighted by molar-refractivity contribution is 5.85. The highest BCUT2D eigenvalue weighted by atomic mass is 35.5. The largest absolute Gasteiger partial charge is 0.373 e. The number of rotatable bonds is 3. The predicted molar refractivity (Wildman–Crippen MR) is 71.6 cm³/mol. The van der Waals surface area contributed by atoms with Crippen molar-refractivity contribution < 1.29 is 9.53 Å². The monoisotopic (exact) mass is 274 g/mol. The molecule has 18 heavy (non-hydrogen) atoms. The Hall–Kier alpha value is -0.320. The van der Waals surface area contributed by atoms with Gasteiger partial charge in [0.1, 0.15) is 0 Å². The Labute approximate surface area is 114 Å². The van der Waals surface area contributed by atoms with Crippen LogP contribution >= 0.6 is 12.4 Å². The molecule has 4 nitrogen and oxygen atoms in total. The molecule has 2 aliphatic heterocycles. The third kappa shape index (κ3) is 2.81. The molecule has 0 unspecified atom stereocenters. The number of carbonyl (C=O) groups is 1. The lowest BCUT2D eigenvalue weighted by Gasteiger charge is -2.22. The number of amides is 1. The number of nitrogens with two attached hydrogens (primary N) is 1. The Kier molecular flexibility index (Phi) is 4.51. The fourth-order valence-corrected chi connectivity index (χ4v) is 3.61. The smallest absolute Gasteiger partial charge is 0.220 e. The Morgan fingerprint density at radius 1 is 1.28 bits per heavy atom. The number of halogens is 1. The van der Waals surface area contributed by atoms with Gasteiger partial charge in [-0.05, 0) is 38.0 Å². The van der Waals surface area contributed by atoms with E-state index < -0.39 is 0 Å². The van der Waals surface area contributed by atoms with E-state index in [0.29, 0.717) is 18.4 Å². The van der Waals surface area contributed by atoms with Crippen LogP contribution in [-0.4, -0.2) is 30.2 Å². The van der Waals surface area contributed by atoms with E-state index in [0.717, 1.165) is 25.7 Å². The molecule has 3 rings (SSSR count). The Bertz CT molecular complexity index is 313. The summed E-state index contributed by atoms with van der Waals surface area (Å²) in [6.45, 7) is 0. The first kappa shape index (κ1) is 14.1. The number of fused-ring (bicyclic) bond motifs is 2. The molecule has 2 saturated heterocycles. The van der Waals surface area contributed by atoms with Crippen molar-refractivity contribution in [1.29, 1.82) is 0 Å². The molecular formula is C13H23ClN2O2. The van der Waals surface area contributed by atoms with Crippen molar-refractivity contribution in [3.8, 4) is 0 Å². The van der Waals surface area contributed by atoms with Gasteiger partial charge in [0, 0.05) is 12.5 Å². The number of ether oxygens (including phenoxy) is 1. The summed E-state index contributed by atoms with van der Waals surface area (Å²) in [5.74, 6) is 0.572. The van der Waals surface area contributed by atoms with Crippen molar-refractivity contribution >= 4 is 18.3 Å². The molecule has 0 aromatic heterocycles. The van der Waals surface area contributed by atoms with E-state index >= 15 is 0 Å². The van der Waals surface area contributed by atoms with Crippen LogP contribution in [0.5, 0.6) is 0 Å². The van der Waals surface area contributed by atoms with Crippen LogP contribution in [0.15, 0.2) is 0 Å². The molecule has 2 bridgehead atoms. The third-order valence-electron chi connectivity index (χ3n) is 4.62. The van der Waals surface area contributed by atoms with Gasteiger partial charge in [-0.3, -0.25) is 4.79 Å². The summed E-state index contributed by atoms with van der Waals surface area (Å²) in [7, 11) is 0. The zero-order chi connectivity index (χ0) is 11.8. The van der Waals surface area contributed by atoms with Crippen LogP contribution in [-0.2, 0) is 9.53 Å². The van der Waals surface area contributed by atoms with Crippen LogP contribution in [0.1, 0.15) is 44.9 Å². The van der Waals surface area contributed by atoms with Crippen LogP contribution in [0, 0.1) is 5.92 Å². The second-order valence-corrected chi connectivity index (χ2v) is 5.84. The SMILES string of the molecule is Cl.N[C@@H]1CCC[C@H]1CC(=O)N[C@@H]1C[C@H]2CC[C@@H]1O2. The maximum absolute atomic E-state index is 12.0. The van der Waals surface area contributed by atoms with Crippen molar-refractivity contribution in [1.82, 2.24) is 5.32 Å². The van der Waals surface area contributed by atoms with E-state index in [2.05, 4.69) is 5.32 Å². The lowest BCUT2D eigenvalue weighted by atomic mass is 9.94. The van der Waals surface area contributed by atoms with Crippen molar-refractivity contribution in [3.63, 3.8) is 0 Å². The minimum atomic E-state index is 0. The molecule has 104 valence electrons. The molecule has 0 spiro atoms. The molecule has 0 aromatic rings. The van der Waals surface area contributed by atoms with E-state index in [1.54, 1.807) is 0 Å². The molecule has 1 amide bonds. The maximum Gasteiger partial charge on any atom is 0.220 e. The third-order valence-corrected chi connectivity index (χ3v) is 4.62. The second-order valence-electron chi connectivity index (χ2n) is 5.84. The van der Waals surface area contributed by atoms with Gasteiger partial charge in [0.2, 0.25) is 5.91 Å². The van der Waals surface area contributed by atoms with Crippen molar-refractivity contribution in [2.75, 3.05) is 0 Å².